The Morgan fingerprint density at radius 2 is 1.97 bits per heavy atom. The zero-order chi connectivity index (χ0) is 26.7. The first-order valence-corrected chi connectivity index (χ1v) is 11.9. The van der Waals surface area contributed by atoms with Gasteiger partial charge in [0.2, 0.25) is 0 Å². The summed E-state index contributed by atoms with van der Waals surface area (Å²) in [7, 11) is -1.02. The van der Waals surface area contributed by atoms with Crippen LogP contribution in [0.25, 0.3) is 22.3 Å². The van der Waals surface area contributed by atoms with Crippen LogP contribution in [0.3, 0.4) is 0 Å². The minimum absolute atomic E-state index is 0.0397. The lowest BCUT2D eigenvalue weighted by Crippen LogP contribution is -2.18. The molecule has 1 saturated heterocycles. The molecule has 182 valence electrons. The standard InChI is InChI=1S/C27H31N5O3/c1-4-10-31(21-12-22(33-2)15-23(13-21)34-3)20-8-9-24-25(14-20)30-26(17-28-24)19-16-29-32(18-19)27-7-5-6-11-35-27/h8-9,12-18,27H,4-7,10-11H2,1-3H3/i2D3. The van der Waals surface area contributed by atoms with Gasteiger partial charge in [0.25, 0.3) is 0 Å². The molecule has 0 bridgehead atoms. The summed E-state index contributed by atoms with van der Waals surface area (Å²) in [4.78, 5) is 11.6. The van der Waals surface area contributed by atoms with Crippen LogP contribution >= 0.6 is 0 Å². The third kappa shape index (κ3) is 4.93. The predicted molar refractivity (Wildman–Crippen MR) is 136 cm³/mol. The van der Waals surface area contributed by atoms with Crippen molar-refractivity contribution < 1.29 is 18.3 Å². The SMILES string of the molecule is [2H]C([2H])([2H])Oc1cc(OC)cc(N(CCC)c2ccc3ncc(-c4cnn(C5CCCCO5)c4)nc3c2)c1. The van der Waals surface area contributed by atoms with Crippen molar-refractivity contribution in [2.24, 2.45) is 0 Å². The summed E-state index contributed by atoms with van der Waals surface area (Å²) >= 11 is 0. The van der Waals surface area contributed by atoms with E-state index in [1.165, 1.54) is 7.11 Å². The number of anilines is 2. The van der Waals surface area contributed by atoms with Crippen LogP contribution in [0.5, 0.6) is 11.5 Å². The van der Waals surface area contributed by atoms with Gasteiger partial charge in [-0.15, -0.1) is 0 Å². The fourth-order valence-electron chi connectivity index (χ4n) is 4.39. The van der Waals surface area contributed by atoms with E-state index >= 15 is 0 Å². The Hall–Kier alpha value is -3.65. The molecule has 4 aromatic rings. The maximum absolute atomic E-state index is 7.49. The maximum atomic E-state index is 7.49. The molecule has 1 fully saturated rings. The zero-order valence-corrected chi connectivity index (χ0v) is 20.0. The van der Waals surface area contributed by atoms with Gasteiger partial charge in [0, 0.05) is 54.5 Å². The number of ether oxygens (including phenoxy) is 3. The van der Waals surface area contributed by atoms with E-state index in [4.69, 9.17) is 23.3 Å². The average Bonchev–Trinajstić information content (AvgIpc) is 3.41. The van der Waals surface area contributed by atoms with Crippen molar-refractivity contribution in [3.8, 4) is 22.8 Å². The smallest absolute Gasteiger partial charge is 0.150 e. The molecule has 1 atom stereocenters. The number of benzene rings is 2. The van der Waals surface area contributed by atoms with Gasteiger partial charge in [-0.1, -0.05) is 6.92 Å². The molecular formula is C27H31N5O3. The van der Waals surface area contributed by atoms with Crippen LogP contribution < -0.4 is 14.4 Å². The van der Waals surface area contributed by atoms with E-state index < -0.39 is 7.04 Å². The third-order valence-electron chi connectivity index (χ3n) is 6.16. The van der Waals surface area contributed by atoms with Crippen molar-refractivity contribution in [2.45, 2.75) is 38.8 Å². The molecule has 5 rings (SSSR count). The first-order chi connectivity index (χ1) is 18.3. The summed E-state index contributed by atoms with van der Waals surface area (Å²) in [6.07, 6.45) is 9.50. The van der Waals surface area contributed by atoms with Gasteiger partial charge in [-0.05, 0) is 43.9 Å². The number of hydrogen-bond acceptors (Lipinski definition) is 7. The van der Waals surface area contributed by atoms with Crippen molar-refractivity contribution in [3.05, 3.63) is 55.0 Å². The summed E-state index contributed by atoms with van der Waals surface area (Å²) in [5.41, 5.74) is 4.77. The van der Waals surface area contributed by atoms with Gasteiger partial charge in [0.1, 0.15) is 17.7 Å². The molecule has 0 N–H and O–H groups in total. The van der Waals surface area contributed by atoms with Crippen molar-refractivity contribution in [3.63, 3.8) is 0 Å². The number of rotatable bonds is 8. The molecule has 1 aliphatic rings. The highest BCUT2D eigenvalue weighted by molar-refractivity contribution is 5.82. The first-order valence-electron chi connectivity index (χ1n) is 13.4. The Balaban J connectivity index is 1.48. The van der Waals surface area contributed by atoms with E-state index in [1.807, 2.05) is 35.1 Å². The second-order valence-electron chi connectivity index (χ2n) is 8.58. The molecule has 0 amide bonds. The van der Waals surface area contributed by atoms with E-state index in [0.29, 0.717) is 12.3 Å². The van der Waals surface area contributed by atoms with Crippen molar-refractivity contribution in [1.82, 2.24) is 19.7 Å². The highest BCUT2D eigenvalue weighted by Gasteiger charge is 2.18. The number of methoxy groups -OCH3 is 2. The molecule has 8 nitrogen and oxygen atoms in total. The number of nitrogens with zero attached hydrogens (tertiary/aromatic N) is 5. The average molecular weight is 477 g/mol. The Bertz CT molecular complexity index is 1400. The maximum Gasteiger partial charge on any atom is 0.150 e. The van der Waals surface area contributed by atoms with Gasteiger partial charge >= 0.3 is 0 Å². The quantitative estimate of drug-likeness (QED) is 0.320. The molecule has 1 aliphatic heterocycles. The lowest BCUT2D eigenvalue weighted by atomic mass is 10.1. The Kier molecular flexibility index (Phi) is 5.79. The van der Waals surface area contributed by atoms with Gasteiger partial charge in [-0.2, -0.15) is 5.10 Å². The van der Waals surface area contributed by atoms with Gasteiger partial charge in [0.05, 0.1) is 47.4 Å². The Morgan fingerprint density at radius 1 is 1.09 bits per heavy atom. The van der Waals surface area contributed by atoms with E-state index in [9.17, 15) is 0 Å². The zero-order valence-electron chi connectivity index (χ0n) is 23.0. The topological polar surface area (TPSA) is 74.5 Å². The largest absolute Gasteiger partial charge is 0.497 e. The highest BCUT2D eigenvalue weighted by Crippen LogP contribution is 2.34. The van der Waals surface area contributed by atoms with Gasteiger partial charge in [0.15, 0.2) is 0 Å². The Labute approximate surface area is 209 Å². The summed E-state index contributed by atoms with van der Waals surface area (Å²) in [6, 6.07) is 11.0. The van der Waals surface area contributed by atoms with Crippen molar-refractivity contribution in [2.75, 3.05) is 32.2 Å². The molecule has 3 heterocycles. The monoisotopic (exact) mass is 476 g/mol. The van der Waals surface area contributed by atoms with Crippen LogP contribution in [-0.4, -0.2) is 47.0 Å². The molecular weight excluding hydrogens is 442 g/mol. The summed E-state index contributed by atoms with van der Waals surface area (Å²) < 4.78 is 40.8. The second-order valence-corrected chi connectivity index (χ2v) is 8.58. The molecule has 8 heteroatoms. The fraction of sp³-hybridized carbons (Fsp3) is 0.370. The lowest BCUT2D eigenvalue weighted by Gasteiger charge is -2.25. The van der Waals surface area contributed by atoms with E-state index in [0.717, 1.165) is 66.0 Å². The predicted octanol–water partition coefficient (Wildman–Crippen LogP) is 5.76. The van der Waals surface area contributed by atoms with Crippen LogP contribution in [0.4, 0.5) is 11.4 Å². The number of aromatic nitrogens is 4. The minimum atomic E-state index is -2.56. The van der Waals surface area contributed by atoms with Crippen molar-refractivity contribution >= 4 is 22.4 Å². The normalized spacial score (nSPS) is 17.4. The lowest BCUT2D eigenvalue weighted by molar-refractivity contribution is -0.0394. The van der Waals surface area contributed by atoms with Crippen LogP contribution in [0.1, 0.15) is 42.9 Å². The summed E-state index contributed by atoms with van der Waals surface area (Å²) in [6.45, 7) is 3.52. The summed E-state index contributed by atoms with van der Waals surface area (Å²) in [5, 5.41) is 4.51. The second kappa shape index (κ2) is 10.3. The molecule has 1 unspecified atom stereocenters. The number of fused-ring (bicyclic) bond motifs is 1. The van der Waals surface area contributed by atoms with Gasteiger partial charge < -0.3 is 19.1 Å². The molecule has 0 radical (unpaired) electrons. The van der Waals surface area contributed by atoms with Crippen LogP contribution in [0.15, 0.2) is 55.0 Å². The van der Waals surface area contributed by atoms with E-state index in [2.05, 4.69) is 21.9 Å². The van der Waals surface area contributed by atoms with Crippen LogP contribution in [-0.2, 0) is 4.74 Å². The number of hydrogen-bond donors (Lipinski definition) is 0. The minimum Gasteiger partial charge on any atom is -0.497 e. The Morgan fingerprint density at radius 3 is 2.74 bits per heavy atom. The molecule has 35 heavy (non-hydrogen) atoms. The van der Waals surface area contributed by atoms with E-state index in [-0.39, 0.29) is 12.0 Å². The highest BCUT2D eigenvalue weighted by atomic mass is 16.5. The van der Waals surface area contributed by atoms with Crippen LogP contribution in [0, 0.1) is 0 Å². The first kappa shape index (κ1) is 19.6. The molecule has 0 saturated carbocycles. The van der Waals surface area contributed by atoms with Gasteiger partial charge in [-0.3, -0.25) is 4.98 Å². The van der Waals surface area contributed by atoms with Crippen molar-refractivity contribution in [1.29, 1.82) is 0 Å². The fourth-order valence-corrected chi connectivity index (χ4v) is 4.39. The molecule has 2 aromatic heterocycles. The van der Waals surface area contributed by atoms with E-state index in [1.54, 1.807) is 24.5 Å². The van der Waals surface area contributed by atoms with Crippen LogP contribution in [0.2, 0.25) is 0 Å². The van der Waals surface area contributed by atoms with Gasteiger partial charge in [-0.25, -0.2) is 9.67 Å². The molecule has 2 aromatic carbocycles. The summed E-state index contributed by atoms with van der Waals surface area (Å²) in [5.74, 6) is 0.715. The molecule has 0 aliphatic carbocycles. The molecule has 0 spiro atoms. The third-order valence-corrected chi connectivity index (χ3v) is 6.16.